The molecule has 114 valence electrons. The van der Waals surface area contributed by atoms with Crippen molar-refractivity contribution in [1.82, 2.24) is 9.88 Å². The number of esters is 1. The number of amides is 1. The number of thiazole rings is 1. The van der Waals surface area contributed by atoms with Crippen LogP contribution in [-0.2, 0) is 26.3 Å². The zero-order chi connectivity index (χ0) is 15.6. The molecule has 0 aromatic carbocycles. The molecule has 0 spiro atoms. The van der Waals surface area contributed by atoms with Crippen molar-refractivity contribution in [3.05, 3.63) is 27.2 Å². The molecule has 0 bridgehead atoms. The second-order valence-corrected chi connectivity index (χ2v) is 7.52. The second-order valence-electron chi connectivity index (χ2n) is 5.67. The molecule has 2 rings (SSSR count). The van der Waals surface area contributed by atoms with Crippen LogP contribution in [0.3, 0.4) is 0 Å². The maximum Gasteiger partial charge on any atom is 0.333 e. The average Bonchev–Trinajstić information content (AvgIpc) is 3.00. The fraction of sp³-hybridized carbons (Fsp3) is 0.500. The summed E-state index contributed by atoms with van der Waals surface area (Å²) in [7, 11) is 1.32. The van der Waals surface area contributed by atoms with Gasteiger partial charge in [-0.1, -0.05) is 32.5 Å². The Balaban J connectivity index is 2.16. The van der Waals surface area contributed by atoms with Crippen LogP contribution in [0, 0.1) is 0 Å². The Hall–Kier alpha value is -1.34. The van der Waals surface area contributed by atoms with Gasteiger partial charge in [-0.2, -0.15) is 0 Å². The maximum atomic E-state index is 12.0. The molecule has 1 aliphatic heterocycles. The van der Waals surface area contributed by atoms with Crippen molar-refractivity contribution in [1.29, 1.82) is 0 Å². The summed E-state index contributed by atoms with van der Waals surface area (Å²) in [5, 5.41) is 3.62. The van der Waals surface area contributed by atoms with Gasteiger partial charge in [0.2, 0.25) is 5.91 Å². The summed E-state index contributed by atoms with van der Waals surface area (Å²) in [5.41, 5.74) is 0.841. The van der Waals surface area contributed by atoms with Crippen LogP contribution in [0.25, 0.3) is 0 Å². The highest BCUT2D eigenvalue weighted by Crippen LogP contribution is 2.32. The van der Waals surface area contributed by atoms with Crippen molar-refractivity contribution >= 4 is 35.0 Å². The zero-order valence-corrected chi connectivity index (χ0v) is 14.1. The van der Waals surface area contributed by atoms with Crippen LogP contribution in [0.4, 0.5) is 0 Å². The Bertz CT molecular complexity index is 587. The smallest absolute Gasteiger partial charge is 0.333 e. The van der Waals surface area contributed by atoms with Crippen molar-refractivity contribution in [2.75, 3.05) is 12.9 Å². The topological polar surface area (TPSA) is 59.5 Å². The Labute approximate surface area is 132 Å². The third-order valence-corrected chi connectivity index (χ3v) is 5.21. The number of carbonyl (C=O) groups excluding carboxylic acids is 2. The fourth-order valence-corrected chi connectivity index (χ4v) is 3.57. The number of aromatic nitrogens is 1. The van der Waals surface area contributed by atoms with E-state index >= 15 is 0 Å². The molecule has 0 N–H and O–H groups in total. The summed E-state index contributed by atoms with van der Waals surface area (Å²) < 4.78 is 4.61. The maximum absolute atomic E-state index is 12.0. The van der Waals surface area contributed by atoms with Crippen molar-refractivity contribution < 1.29 is 14.3 Å². The van der Waals surface area contributed by atoms with Gasteiger partial charge in [-0.15, -0.1) is 11.3 Å². The van der Waals surface area contributed by atoms with E-state index in [1.165, 1.54) is 24.9 Å². The first-order chi connectivity index (χ1) is 9.81. The molecule has 1 aliphatic rings. The normalized spacial score (nSPS) is 17.6. The first-order valence-electron chi connectivity index (χ1n) is 6.49. The lowest BCUT2D eigenvalue weighted by atomic mass is 9.98. The summed E-state index contributed by atoms with van der Waals surface area (Å²) in [6, 6.07) is 0. The molecular weight excluding hydrogens is 308 g/mol. The molecule has 1 saturated heterocycles. The second kappa shape index (κ2) is 6.19. The van der Waals surface area contributed by atoms with Crippen LogP contribution >= 0.6 is 23.1 Å². The molecule has 1 aromatic rings. The van der Waals surface area contributed by atoms with E-state index in [2.05, 4.69) is 30.5 Å². The van der Waals surface area contributed by atoms with Crippen molar-refractivity contribution in [2.45, 2.75) is 32.7 Å². The van der Waals surface area contributed by atoms with E-state index in [0.29, 0.717) is 17.3 Å². The number of thioether (sulfide) groups is 1. The Morgan fingerprint density at radius 3 is 2.81 bits per heavy atom. The number of hydrogen-bond donors (Lipinski definition) is 0. The third kappa shape index (κ3) is 3.85. The van der Waals surface area contributed by atoms with E-state index in [-0.39, 0.29) is 11.3 Å². The van der Waals surface area contributed by atoms with E-state index in [1.807, 2.05) is 5.38 Å². The first-order valence-corrected chi connectivity index (χ1v) is 8.35. The molecule has 1 fully saturated rings. The Morgan fingerprint density at radius 2 is 2.24 bits per heavy atom. The van der Waals surface area contributed by atoms with Gasteiger partial charge in [0, 0.05) is 10.8 Å². The van der Waals surface area contributed by atoms with Crippen molar-refractivity contribution in [2.24, 2.45) is 0 Å². The van der Waals surface area contributed by atoms with E-state index in [4.69, 9.17) is 0 Å². The SMILES string of the molecule is COC(=O)C=C1SCC(=O)N1Cc1csc(C(C)(C)C)n1. The van der Waals surface area contributed by atoms with Gasteiger partial charge in [-0.25, -0.2) is 9.78 Å². The summed E-state index contributed by atoms with van der Waals surface area (Å²) in [6.07, 6.45) is 1.35. The molecule has 5 nitrogen and oxygen atoms in total. The molecule has 1 aromatic heterocycles. The minimum Gasteiger partial charge on any atom is -0.466 e. The number of methoxy groups -OCH3 is 1. The van der Waals surface area contributed by atoms with Gasteiger partial charge in [0.05, 0.1) is 41.2 Å². The van der Waals surface area contributed by atoms with Crippen LogP contribution in [0.2, 0.25) is 0 Å². The molecule has 0 aliphatic carbocycles. The quantitative estimate of drug-likeness (QED) is 0.631. The van der Waals surface area contributed by atoms with E-state index in [9.17, 15) is 9.59 Å². The number of hydrogen-bond acceptors (Lipinski definition) is 6. The molecule has 0 radical (unpaired) electrons. The lowest BCUT2D eigenvalue weighted by molar-refractivity contribution is -0.134. The molecule has 0 unspecified atom stereocenters. The van der Waals surface area contributed by atoms with E-state index in [1.54, 1.807) is 16.2 Å². The van der Waals surface area contributed by atoms with Gasteiger partial charge < -0.3 is 4.74 Å². The van der Waals surface area contributed by atoms with Gasteiger partial charge in [-0.05, 0) is 0 Å². The number of ether oxygens (including phenoxy) is 1. The summed E-state index contributed by atoms with van der Waals surface area (Å²) in [5.74, 6) is -0.120. The molecule has 0 atom stereocenters. The summed E-state index contributed by atoms with van der Waals surface area (Å²) in [6.45, 7) is 6.71. The molecular formula is C14H18N2O3S2. The van der Waals surface area contributed by atoms with E-state index in [0.717, 1.165) is 10.7 Å². The van der Waals surface area contributed by atoms with Crippen LogP contribution in [0.15, 0.2) is 16.5 Å². The highest BCUT2D eigenvalue weighted by Gasteiger charge is 2.28. The van der Waals surface area contributed by atoms with Crippen LogP contribution in [0.1, 0.15) is 31.5 Å². The predicted molar refractivity (Wildman–Crippen MR) is 83.9 cm³/mol. The van der Waals surface area contributed by atoms with Crippen LogP contribution in [-0.4, -0.2) is 34.6 Å². The largest absolute Gasteiger partial charge is 0.466 e. The number of rotatable bonds is 3. The lowest BCUT2D eigenvalue weighted by Crippen LogP contribution is -2.24. The van der Waals surface area contributed by atoms with Crippen molar-refractivity contribution in [3.63, 3.8) is 0 Å². The number of nitrogens with zero attached hydrogens (tertiary/aromatic N) is 2. The number of carbonyl (C=O) groups is 2. The highest BCUT2D eigenvalue weighted by atomic mass is 32.2. The standard InChI is InChI=1S/C14H18N2O3S2/c1-14(2,3)13-15-9(7-21-13)6-16-10(17)8-20-11(16)5-12(18)19-4/h5,7H,6,8H2,1-4H3. The monoisotopic (exact) mass is 326 g/mol. The predicted octanol–water partition coefficient (Wildman–Crippen LogP) is 2.53. The molecule has 1 amide bonds. The molecule has 2 heterocycles. The van der Waals surface area contributed by atoms with Gasteiger partial charge in [-0.3, -0.25) is 9.69 Å². The minimum absolute atomic E-state index is 0.00261. The minimum atomic E-state index is -0.453. The third-order valence-electron chi connectivity index (χ3n) is 2.87. The lowest BCUT2D eigenvalue weighted by Gasteiger charge is -2.16. The van der Waals surface area contributed by atoms with Gasteiger partial charge in [0.15, 0.2) is 0 Å². The van der Waals surface area contributed by atoms with Crippen LogP contribution in [0.5, 0.6) is 0 Å². The fourth-order valence-electron chi connectivity index (χ4n) is 1.75. The molecule has 0 saturated carbocycles. The summed E-state index contributed by atoms with van der Waals surface area (Å²) >= 11 is 2.94. The van der Waals surface area contributed by atoms with Gasteiger partial charge >= 0.3 is 5.97 Å². The highest BCUT2D eigenvalue weighted by molar-refractivity contribution is 8.04. The first kappa shape index (κ1) is 16.0. The zero-order valence-electron chi connectivity index (χ0n) is 12.5. The van der Waals surface area contributed by atoms with Gasteiger partial charge in [0.25, 0.3) is 0 Å². The van der Waals surface area contributed by atoms with E-state index < -0.39 is 5.97 Å². The average molecular weight is 326 g/mol. The van der Waals surface area contributed by atoms with Crippen molar-refractivity contribution in [3.8, 4) is 0 Å². The molecule has 21 heavy (non-hydrogen) atoms. The van der Waals surface area contributed by atoms with Crippen LogP contribution < -0.4 is 0 Å². The van der Waals surface area contributed by atoms with Gasteiger partial charge in [0.1, 0.15) is 0 Å². The Morgan fingerprint density at radius 1 is 1.52 bits per heavy atom. The molecule has 7 heteroatoms. The summed E-state index contributed by atoms with van der Waals surface area (Å²) in [4.78, 5) is 29.5. The Kier molecular flexibility index (Phi) is 4.73.